The van der Waals surface area contributed by atoms with Gasteiger partial charge in [0.15, 0.2) is 12.4 Å². The molecule has 1 fully saturated rings. The quantitative estimate of drug-likeness (QED) is 0.636. The Bertz CT molecular complexity index is 560. The van der Waals surface area contributed by atoms with Crippen molar-refractivity contribution in [2.24, 2.45) is 0 Å². The van der Waals surface area contributed by atoms with Crippen molar-refractivity contribution in [3.63, 3.8) is 0 Å². The third-order valence-electron chi connectivity index (χ3n) is 3.08. The molecule has 0 aliphatic carbocycles. The second-order valence-electron chi connectivity index (χ2n) is 4.49. The minimum Gasteiger partial charge on any atom is -0.477 e. The lowest BCUT2D eigenvalue weighted by atomic mass is 10.3. The molecule has 0 spiro atoms. The van der Waals surface area contributed by atoms with Crippen LogP contribution in [0.25, 0.3) is 0 Å². The molecule has 1 aliphatic heterocycles. The van der Waals surface area contributed by atoms with Crippen LogP contribution in [0.4, 0.5) is 5.69 Å². The molecule has 1 heterocycles. The van der Waals surface area contributed by atoms with E-state index in [0.717, 1.165) is 0 Å². The number of ether oxygens (including phenoxy) is 1. The van der Waals surface area contributed by atoms with E-state index in [9.17, 15) is 19.7 Å². The monoisotopic (exact) mass is 293 g/mol. The number of nitro groups is 1. The first kappa shape index (κ1) is 14.8. The minimum absolute atomic E-state index is 0.0554. The lowest BCUT2D eigenvalue weighted by molar-refractivity contribution is -0.385. The molecular formula is C13H15N3O5. The third-order valence-corrected chi connectivity index (χ3v) is 3.08. The molecule has 1 aromatic carbocycles. The number of benzene rings is 1. The van der Waals surface area contributed by atoms with Crippen LogP contribution in [-0.4, -0.2) is 47.9 Å². The van der Waals surface area contributed by atoms with Gasteiger partial charge in [-0.15, -0.1) is 0 Å². The highest BCUT2D eigenvalue weighted by Gasteiger charge is 2.20. The van der Waals surface area contributed by atoms with Gasteiger partial charge in [0.2, 0.25) is 5.91 Å². The van der Waals surface area contributed by atoms with Gasteiger partial charge in [-0.1, -0.05) is 12.1 Å². The first-order chi connectivity index (χ1) is 10.1. The van der Waals surface area contributed by atoms with Gasteiger partial charge in [-0.25, -0.2) is 0 Å². The highest BCUT2D eigenvalue weighted by Crippen LogP contribution is 2.25. The highest BCUT2D eigenvalue weighted by atomic mass is 16.6. The fourth-order valence-electron chi connectivity index (χ4n) is 1.98. The largest absolute Gasteiger partial charge is 0.477 e. The van der Waals surface area contributed by atoms with Crippen LogP contribution in [0.15, 0.2) is 24.3 Å². The molecule has 8 heteroatoms. The van der Waals surface area contributed by atoms with E-state index in [2.05, 4.69) is 5.32 Å². The van der Waals surface area contributed by atoms with Crippen molar-refractivity contribution in [1.29, 1.82) is 0 Å². The van der Waals surface area contributed by atoms with Crippen molar-refractivity contribution in [3.05, 3.63) is 34.4 Å². The number of nitrogens with one attached hydrogen (secondary N) is 1. The molecule has 1 aliphatic rings. The molecule has 1 saturated heterocycles. The van der Waals surface area contributed by atoms with Crippen LogP contribution in [-0.2, 0) is 9.59 Å². The van der Waals surface area contributed by atoms with Crippen LogP contribution in [0.2, 0.25) is 0 Å². The van der Waals surface area contributed by atoms with E-state index in [1.54, 1.807) is 6.07 Å². The van der Waals surface area contributed by atoms with E-state index in [4.69, 9.17) is 4.74 Å². The number of nitrogens with zero attached hydrogens (tertiary/aromatic N) is 2. The van der Waals surface area contributed by atoms with Crippen molar-refractivity contribution < 1.29 is 19.2 Å². The normalized spacial score (nSPS) is 15.0. The van der Waals surface area contributed by atoms with E-state index < -0.39 is 4.92 Å². The van der Waals surface area contributed by atoms with Crippen molar-refractivity contribution >= 4 is 17.5 Å². The molecule has 0 aromatic heterocycles. The van der Waals surface area contributed by atoms with Gasteiger partial charge in [0.1, 0.15) is 0 Å². The maximum atomic E-state index is 12.0. The van der Waals surface area contributed by atoms with Gasteiger partial charge in [0.25, 0.3) is 5.91 Å². The van der Waals surface area contributed by atoms with Crippen molar-refractivity contribution in [2.75, 3.05) is 26.2 Å². The number of carbonyl (C=O) groups is 2. The Morgan fingerprint density at radius 1 is 1.38 bits per heavy atom. The Balaban J connectivity index is 1.95. The maximum Gasteiger partial charge on any atom is 0.310 e. The molecular weight excluding hydrogens is 278 g/mol. The predicted octanol–water partition coefficient (Wildman–Crippen LogP) is 0.322. The number of para-hydroxylation sites is 2. The standard InChI is InChI=1S/C13H15N3O5/c17-12-5-7-15(8-6-14-12)13(18)9-21-11-4-2-1-3-10(11)16(19)20/h1-4H,5-9H2,(H,14,17). The Hall–Kier alpha value is -2.64. The number of carbonyl (C=O) groups excluding carboxylic acids is 2. The topological polar surface area (TPSA) is 102 Å². The predicted molar refractivity (Wildman–Crippen MR) is 72.8 cm³/mol. The molecule has 0 bridgehead atoms. The molecule has 1 N–H and O–H groups in total. The van der Waals surface area contributed by atoms with Crippen LogP contribution in [0.1, 0.15) is 6.42 Å². The van der Waals surface area contributed by atoms with Crippen LogP contribution < -0.4 is 10.1 Å². The zero-order valence-corrected chi connectivity index (χ0v) is 11.3. The van der Waals surface area contributed by atoms with E-state index in [1.165, 1.54) is 23.1 Å². The van der Waals surface area contributed by atoms with Crippen LogP contribution >= 0.6 is 0 Å². The molecule has 112 valence electrons. The second-order valence-corrected chi connectivity index (χ2v) is 4.49. The number of hydrogen-bond donors (Lipinski definition) is 1. The summed E-state index contributed by atoms with van der Waals surface area (Å²) < 4.78 is 5.24. The average Bonchev–Trinajstić information content (AvgIpc) is 2.69. The highest BCUT2D eigenvalue weighted by molar-refractivity contribution is 5.81. The molecule has 2 amide bonds. The Morgan fingerprint density at radius 2 is 2.14 bits per heavy atom. The molecule has 1 aromatic rings. The fourth-order valence-corrected chi connectivity index (χ4v) is 1.98. The summed E-state index contributed by atoms with van der Waals surface area (Å²) in [7, 11) is 0. The van der Waals surface area contributed by atoms with Gasteiger partial charge in [-0.3, -0.25) is 19.7 Å². The lowest BCUT2D eigenvalue weighted by Crippen LogP contribution is -2.37. The van der Waals surface area contributed by atoms with Crippen LogP contribution in [0, 0.1) is 10.1 Å². The van der Waals surface area contributed by atoms with E-state index in [1.807, 2.05) is 0 Å². The maximum absolute atomic E-state index is 12.0. The van der Waals surface area contributed by atoms with E-state index >= 15 is 0 Å². The van der Waals surface area contributed by atoms with E-state index in [-0.39, 0.29) is 36.3 Å². The minimum atomic E-state index is -0.561. The average molecular weight is 293 g/mol. The van der Waals surface area contributed by atoms with Crippen molar-refractivity contribution in [1.82, 2.24) is 10.2 Å². The lowest BCUT2D eigenvalue weighted by Gasteiger charge is -2.19. The first-order valence-corrected chi connectivity index (χ1v) is 6.48. The zero-order valence-electron chi connectivity index (χ0n) is 11.3. The summed E-state index contributed by atoms with van der Waals surface area (Å²) in [5.74, 6) is -0.338. The zero-order chi connectivity index (χ0) is 15.2. The summed E-state index contributed by atoms with van der Waals surface area (Å²) >= 11 is 0. The van der Waals surface area contributed by atoms with Crippen molar-refractivity contribution in [2.45, 2.75) is 6.42 Å². The van der Waals surface area contributed by atoms with Gasteiger partial charge in [-0.2, -0.15) is 0 Å². The number of rotatable bonds is 4. The summed E-state index contributed by atoms with van der Waals surface area (Å²) in [6.45, 7) is 0.838. The summed E-state index contributed by atoms with van der Waals surface area (Å²) in [6, 6.07) is 5.88. The molecule has 0 atom stereocenters. The molecule has 2 rings (SSSR count). The van der Waals surface area contributed by atoms with Gasteiger partial charge in [0.05, 0.1) is 4.92 Å². The van der Waals surface area contributed by atoms with Crippen LogP contribution in [0.3, 0.4) is 0 Å². The fraction of sp³-hybridized carbons (Fsp3) is 0.385. The van der Waals surface area contributed by atoms with Gasteiger partial charge >= 0.3 is 5.69 Å². The summed E-state index contributed by atoms with van der Waals surface area (Å²) in [6.07, 6.45) is 0.247. The SMILES string of the molecule is O=C1CCN(C(=O)COc2ccccc2[N+](=O)[O-])CCN1. The Labute approximate surface area is 120 Å². The molecule has 0 saturated carbocycles. The summed E-state index contributed by atoms with van der Waals surface area (Å²) in [5.41, 5.74) is -0.182. The molecule has 0 unspecified atom stereocenters. The van der Waals surface area contributed by atoms with Crippen LogP contribution in [0.5, 0.6) is 5.75 Å². The Morgan fingerprint density at radius 3 is 2.90 bits per heavy atom. The number of hydrogen-bond acceptors (Lipinski definition) is 5. The summed E-state index contributed by atoms with van der Waals surface area (Å²) in [4.78, 5) is 35.0. The van der Waals surface area contributed by atoms with Gasteiger partial charge in [-0.05, 0) is 6.07 Å². The first-order valence-electron chi connectivity index (χ1n) is 6.48. The van der Waals surface area contributed by atoms with E-state index in [0.29, 0.717) is 19.6 Å². The smallest absolute Gasteiger partial charge is 0.310 e. The number of amides is 2. The summed E-state index contributed by atoms with van der Waals surface area (Å²) in [5, 5.41) is 13.5. The number of nitro benzene ring substituents is 1. The van der Waals surface area contributed by atoms with Gasteiger partial charge in [0, 0.05) is 32.1 Å². The molecule has 21 heavy (non-hydrogen) atoms. The van der Waals surface area contributed by atoms with Crippen molar-refractivity contribution in [3.8, 4) is 5.75 Å². The third kappa shape index (κ3) is 3.91. The Kier molecular flexibility index (Phi) is 4.70. The molecule has 0 radical (unpaired) electrons. The second kappa shape index (κ2) is 6.69. The van der Waals surface area contributed by atoms with Gasteiger partial charge < -0.3 is 15.0 Å². The molecule has 8 nitrogen and oxygen atoms in total.